The first-order chi connectivity index (χ1) is 6.46. The minimum Gasteiger partial charge on any atom is -0.462 e. The Hall–Kier alpha value is -1.06. The number of hydrogen-bond acceptors (Lipinski definition) is 4. The summed E-state index contributed by atoms with van der Waals surface area (Å²) in [5.74, 6) is -0.211. The summed E-state index contributed by atoms with van der Waals surface area (Å²) in [6, 6.07) is 0. The van der Waals surface area contributed by atoms with Crippen LogP contribution in [0.5, 0.6) is 0 Å². The molecule has 0 radical (unpaired) electrons. The van der Waals surface area contributed by atoms with Crippen molar-refractivity contribution in [2.24, 2.45) is 5.92 Å². The highest BCUT2D eigenvalue weighted by atomic mass is 16.6. The van der Waals surface area contributed by atoms with Gasteiger partial charge in [-0.05, 0) is 19.3 Å². The van der Waals surface area contributed by atoms with E-state index in [4.69, 9.17) is 9.47 Å². The third-order valence-electron chi connectivity index (χ3n) is 1.96. The van der Waals surface area contributed by atoms with E-state index in [1.54, 1.807) is 13.8 Å². The van der Waals surface area contributed by atoms with Crippen LogP contribution in [0.4, 0.5) is 0 Å². The van der Waals surface area contributed by atoms with Gasteiger partial charge in [0.1, 0.15) is 0 Å². The number of rotatable bonds is 6. The molecule has 0 aromatic carbocycles. The van der Waals surface area contributed by atoms with Crippen LogP contribution in [0.25, 0.3) is 0 Å². The van der Waals surface area contributed by atoms with E-state index in [1.807, 2.05) is 13.8 Å². The van der Waals surface area contributed by atoms with Crippen molar-refractivity contribution in [3.8, 4) is 0 Å². The Morgan fingerprint density at radius 1 is 1.50 bits per heavy atom. The maximum atomic E-state index is 11.5. The van der Waals surface area contributed by atoms with Crippen LogP contribution in [0.1, 0.15) is 34.1 Å². The largest absolute Gasteiger partial charge is 0.462 e. The van der Waals surface area contributed by atoms with E-state index in [1.165, 1.54) is 0 Å². The molecule has 4 heteroatoms. The first kappa shape index (κ1) is 12.9. The quantitative estimate of drug-likeness (QED) is 0.484. The van der Waals surface area contributed by atoms with Gasteiger partial charge in [0, 0.05) is 0 Å². The molecule has 82 valence electrons. The van der Waals surface area contributed by atoms with Crippen molar-refractivity contribution in [1.82, 2.24) is 0 Å². The highest BCUT2D eigenvalue weighted by molar-refractivity contribution is 5.80. The Bertz CT molecular complexity index is 200. The second-order valence-electron chi connectivity index (χ2n) is 3.79. The summed E-state index contributed by atoms with van der Waals surface area (Å²) >= 11 is 0. The Morgan fingerprint density at radius 2 is 2.07 bits per heavy atom. The molecule has 0 aromatic rings. The molecule has 0 rings (SSSR count). The van der Waals surface area contributed by atoms with Gasteiger partial charge in [-0.15, -0.1) is 0 Å². The standard InChI is InChI=1S/C10H18O4/c1-5-10(4,14-7-11)9(12)13-6-8(2)3/h7-8H,5-6H2,1-4H3. The predicted molar refractivity (Wildman–Crippen MR) is 51.6 cm³/mol. The second kappa shape index (κ2) is 5.62. The fourth-order valence-electron chi connectivity index (χ4n) is 0.777. The summed E-state index contributed by atoms with van der Waals surface area (Å²) in [5.41, 5.74) is -1.14. The maximum Gasteiger partial charge on any atom is 0.350 e. The molecule has 4 nitrogen and oxygen atoms in total. The summed E-state index contributed by atoms with van der Waals surface area (Å²) in [5, 5.41) is 0. The number of hydrogen-bond donors (Lipinski definition) is 0. The van der Waals surface area contributed by atoms with Crippen LogP contribution < -0.4 is 0 Å². The smallest absolute Gasteiger partial charge is 0.350 e. The molecule has 0 saturated carbocycles. The number of carbonyl (C=O) groups excluding carboxylic acids is 2. The molecular formula is C10H18O4. The van der Waals surface area contributed by atoms with Crippen molar-refractivity contribution < 1.29 is 19.1 Å². The van der Waals surface area contributed by atoms with Gasteiger partial charge >= 0.3 is 5.97 Å². The molecular weight excluding hydrogens is 184 g/mol. The van der Waals surface area contributed by atoms with E-state index < -0.39 is 11.6 Å². The molecule has 0 fully saturated rings. The summed E-state index contributed by atoms with van der Waals surface area (Å²) in [7, 11) is 0. The molecule has 0 spiro atoms. The van der Waals surface area contributed by atoms with Gasteiger partial charge in [0.2, 0.25) is 5.60 Å². The number of esters is 1. The van der Waals surface area contributed by atoms with Crippen molar-refractivity contribution in [3.63, 3.8) is 0 Å². The van der Waals surface area contributed by atoms with E-state index in [2.05, 4.69) is 0 Å². The van der Waals surface area contributed by atoms with Crippen molar-refractivity contribution in [2.45, 2.75) is 39.7 Å². The molecule has 0 bridgehead atoms. The lowest BCUT2D eigenvalue weighted by molar-refractivity contribution is -0.175. The molecule has 0 N–H and O–H groups in total. The lowest BCUT2D eigenvalue weighted by Crippen LogP contribution is -2.39. The monoisotopic (exact) mass is 202 g/mol. The van der Waals surface area contributed by atoms with Crippen molar-refractivity contribution in [3.05, 3.63) is 0 Å². The molecule has 1 atom stereocenters. The molecule has 0 saturated heterocycles. The molecule has 0 amide bonds. The van der Waals surface area contributed by atoms with Gasteiger partial charge in [0.15, 0.2) is 0 Å². The summed E-state index contributed by atoms with van der Waals surface area (Å²) in [6.45, 7) is 7.81. The van der Waals surface area contributed by atoms with Crippen LogP contribution in [0.15, 0.2) is 0 Å². The minimum atomic E-state index is -1.14. The Balaban J connectivity index is 4.23. The van der Waals surface area contributed by atoms with Crippen LogP contribution in [0.3, 0.4) is 0 Å². The van der Waals surface area contributed by atoms with Gasteiger partial charge in [-0.3, -0.25) is 4.79 Å². The molecule has 0 aliphatic heterocycles. The van der Waals surface area contributed by atoms with E-state index in [0.29, 0.717) is 13.0 Å². The SMILES string of the molecule is CCC(C)(OC=O)C(=O)OCC(C)C. The van der Waals surface area contributed by atoms with Gasteiger partial charge in [0.25, 0.3) is 6.47 Å². The lowest BCUT2D eigenvalue weighted by Gasteiger charge is -2.24. The first-order valence-electron chi connectivity index (χ1n) is 4.75. The maximum absolute atomic E-state index is 11.5. The van der Waals surface area contributed by atoms with Crippen LogP contribution in [0.2, 0.25) is 0 Å². The highest BCUT2D eigenvalue weighted by Crippen LogP contribution is 2.16. The Morgan fingerprint density at radius 3 is 2.43 bits per heavy atom. The zero-order chi connectivity index (χ0) is 11.2. The molecule has 0 heterocycles. The minimum absolute atomic E-state index is 0.274. The average Bonchev–Trinajstić information content (AvgIpc) is 2.14. The van der Waals surface area contributed by atoms with E-state index >= 15 is 0 Å². The van der Waals surface area contributed by atoms with Gasteiger partial charge < -0.3 is 9.47 Å². The number of carbonyl (C=O) groups is 2. The predicted octanol–water partition coefficient (Wildman–Crippen LogP) is 1.53. The molecule has 0 aliphatic carbocycles. The van der Waals surface area contributed by atoms with Crippen molar-refractivity contribution in [1.29, 1.82) is 0 Å². The lowest BCUT2D eigenvalue weighted by atomic mass is 10.0. The molecule has 14 heavy (non-hydrogen) atoms. The van der Waals surface area contributed by atoms with E-state index in [-0.39, 0.29) is 12.4 Å². The average molecular weight is 202 g/mol. The third-order valence-corrected chi connectivity index (χ3v) is 1.96. The number of ether oxygens (including phenoxy) is 2. The Labute approximate surface area is 84.6 Å². The summed E-state index contributed by atoms with van der Waals surface area (Å²) in [4.78, 5) is 21.7. The van der Waals surface area contributed by atoms with Crippen LogP contribution >= 0.6 is 0 Å². The fraction of sp³-hybridized carbons (Fsp3) is 0.800. The zero-order valence-corrected chi connectivity index (χ0v) is 9.20. The molecule has 0 aromatic heterocycles. The Kier molecular flexibility index (Phi) is 5.20. The zero-order valence-electron chi connectivity index (χ0n) is 9.20. The molecule has 0 aliphatic rings. The highest BCUT2D eigenvalue weighted by Gasteiger charge is 2.35. The van der Waals surface area contributed by atoms with E-state index in [0.717, 1.165) is 0 Å². The van der Waals surface area contributed by atoms with E-state index in [9.17, 15) is 9.59 Å². The van der Waals surface area contributed by atoms with Crippen LogP contribution in [-0.2, 0) is 19.1 Å². The van der Waals surface area contributed by atoms with Crippen LogP contribution in [-0.4, -0.2) is 24.6 Å². The van der Waals surface area contributed by atoms with Gasteiger partial charge in [0.05, 0.1) is 6.61 Å². The first-order valence-corrected chi connectivity index (χ1v) is 4.75. The topological polar surface area (TPSA) is 52.6 Å². The molecule has 1 unspecified atom stereocenters. The fourth-order valence-corrected chi connectivity index (χ4v) is 0.777. The van der Waals surface area contributed by atoms with Gasteiger partial charge in [-0.25, -0.2) is 4.79 Å². The second-order valence-corrected chi connectivity index (χ2v) is 3.79. The van der Waals surface area contributed by atoms with Crippen LogP contribution in [0, 0.1) is 5.92 Å². The van der Waals surface area contributed by atoms with Crippen molar-refractivity contribution in [2.75, 3.05) is 6.61 Å². The van der Waals surface area contributed by atoms with Gasteiger partial charge in [-0.2, -0.15) is 0 Å². The van der Waals surface area contributed by atoms with Crippen molar-refractivity contribution >= 4 is 12.4 Å². The van der Waals surface area contributed by atoms with Gasteiger partial charge in [-0.1, -0.05) is 20.8 Å². The summed E-state index contributed by atoms with van der Waals surface area (Å²) < 4.78 is 9.71. The third kappa shape index (κ3) is 3.77. The summed E-state index contributed by atoms with van der Waals surface area (Å²) in [6.07, 6.45) is 0.405. The normalized spacial score (nSPS) is 14.6.